The van der Waals surface area contributed by atoms with Crippen LogP contribution < -0.4 is 10.1 Å². The molecule has 0 saturated carbocycles. The van der Waals surface area contributed by atoms with Gasteiger partial charge >= 0.3 is 0 Å². The van der Waals surface area contributed by atoms with E-state index < -0.39 is 0 Å². The number of hydrogen-bond donors (Lipinski definition) is 1. The molecule has 1 amide bonds. The first-order valence-electron chi connectivity index (χ1n) is 9.85. The number of carbonyl (C=O) groups is 1. The Balaban J connectivity index is 1.47. The molecular formula is C24H24N2O2S. The predicted octanol–water partition coefficient (Wildman–Crippen LogP) is 5.27. The van der Waals surface area contributed by atoms with Crippen molar-refractivity contribution >= 4 is 27.5 Å². The zero-order chi connectivity index (χ0) is 20.1. The number of rotatable bonds is 8. The second-order valence-corrected chi connectivity index (χ2v) is 7.79. The number of aromatic nitrogens is 1. The molecule has 0 atom stereocenters. The normalized spacial score (nSPS) is 10.9. The van der Waals surface area contributed by atoms with E-state index in [-0.39, 0.29) is 5.91 Å². The van der Waals surface area contributed by atoms with Crippen LogP contribution in [-0.2, 0) is 19.5 Å². The third-order valence-electron chi connectivity index (χ3n) is 4.91. The fourth-order valence-corrected chi connectivity index (χ4v) is 4.26. The smallest absolute Gasteiger partial charge is 0.268 e. The van der Waals surface area contributed by atoms with Crippen molar-refractivity contribution < 1.29 is 9.53 Å². The molecule has 0 aliphatic carbocycles. The Bertz CT molecular complexity index is 1080. The van der Waals surface area contributed by atoms with Gasteiger partial charge in [0.2, 0.25) is 0 Å². The summed E-state index contributed by atoms with van der Waals surface area (Å²) in [6.07, 6.45) is 0.889. The number of hydrogen-bond acceptors (Lipinski definition) is 3. The lowest BCUT2D eigenvalue weighted by atomic mass is 10.1. The molecule has 4 nitrogen and oxygen atoms in total. The van der Waals surface area contributed by atoms with Crippen molar-refractivity contribution in [1.29, 1.82) is 0 Å². The third kappa shape index (κ3) is 4.51. The minimum Gasteiger partial charge on any atom is -0.494 e. The lowest BCUT2D eigenvalue weighted by Crippen LogP contribution is -2.25. The number of thiophene rings is 1. The van der Waals surface area contributed by atoms with Crippen molar-refractivity contribution in [3.8, 4) is 5.75 Å². The van der Waals surface area contributed by atoms with Crippen LogP contribution in [0.15, 0.2) is 72.1 Å². The number of amides is 1. The van der Waals surface area contributed by atoms with Gasteiger partial charge in [0, 0.05) is 13.1 Å². The lowest BCUT2D eigenvalue weighted by Gasteiger charge is -2.11. The number of nitrogens with one attached hydrogen (secondary N) is 1. The first-order chi connectivity index (χ1) is 14.2. The molecule has 4 aromatic rings. The minimum absolute atomic E-state index is 0.0460. The van der Waals surface area contributed by atoms with Gasteiger partial charge in [-0.15, -0.1) is 11.3 Å². The molecule has 1 N–H and O–H groups in total. The molecule has 29 heavy (non-hydrogen) atoms. The Hall–Kier alpha value is -3.05. The molecule has 0 spiro atoms. The van der Waals surface area contributed by atoms with Gasteiger partial charge in [0.25, 0.3) is 5.91 Å². The van der Waals surface area contributed by atoms with Gasteiger partial charge in [-0.2, -0.15) is 0 Å². The van der Waals surface area contributed by atoms with E-state index >= 15 is 0 Å². The van der Waals surface area contributed by atoms with Crippen LogP contribution in [-0.4, -0.2) is 17.1 Å². The molecular weight excluding hydrogens is 380 g/mol. The maximum Gasteiger partial charge on any atom is 0.268 e. The van der Waals surface area contributed by atoms with Crippen LogP contribution in [0.3, 0.4) is 0 Å². The van der Waals surface area contributed by atoms with E-state index in [4.69, 9.17) is 4.74 Å². The summed E-state index contributed by atoms with van der Waals surface area (Å²) in [6.45, 7) is 3.87. The van der Waals surface area contributed by atoms with E-state index in [1.54, 1.807) is 11.3 Å². The van der Waals surface area contributed by atoms with E-state index in [0.717, 1.165) is 34.5 Å². The second kappa shape index (κ2) is 8.97. The molecule has 4 rings (SSSR count). The molecule has 0 radical (unpaired) electrons. The molecule has 0 aliphatic heterocycles. The highest BCUT2D eigenvalue weighted by molar-refractivity contribution is 7.17. The molecule has 148 valence electrons. The van der Waals surface area contributed by atoms with Crippen LogP contribution in [0.4, 0.5) is 0 Å². The van der Waals surface area contributed by atoms with Gasteiger partial charge < -0.3 is 14.6 Å². The van der Waals surface area contributed by atoms with E-state index in [9.17, 15) is 4.79 Å². The summed E-state index contributed by atoms with van der Waals surface area (Å²) in [5.74, 6) is 0.799. The van der Waals surface area contributed by atoms with Crippen LogP contribution in [0.1, 0.15) is 28.5 Å². The van der Waals surface area contributed by atoms with Crippen LogP contribution >= 0.6 is 11.3 Å². The maximum absolute atomic E-state index is 12.9. The average Bonchev–Trinajstić information content (AvgIpc) is 3.34. The van der Waals surface area contributed by atoms with Gasteiger partial charge in [0.05, 0.1) is 16.8 Å². The Morgan fingerprint density at radius 2 is 1.83 bits per heavy atom. The highest BCUT2D eigenvalue weighted by Crippen LogP contribution is 2.26. The number of aryl methyl sites for hydroxylation is 2. The highest BCUT2D eigenvalue weighted by Gasteiger charge is 2.16. The Morgan fingerprint density at radius 3 is 2.59 bits per heavy atom. The minimum atomic E-state index is -0.0460. The number of ether oxygens (including phenoxy) is 1. The molecule has 2 aromatic carbocycles. The number of fused-ring (bicyclic) bond motifs is 1. The van der Waals surface area contributed by atoms with Crippen LogP contribution in [0.25, 0.3) is 10.2 Å². The fourth-order valence-electron chi connectivity index (χ4n) is 3.43. The van der Waals surface area contributed by atoms with E-state index in [1.807, 2.05) is 43.3 Å². The fraction of sp³-hybridized carbons (Fsp3) is 0.208. The second-order valence-electron chi connectivity index (χ2n) is 6.85. The van der Waals surface area contributed by atoms with Crippen molar-refractivity contribution in [3.05, 3.63) is 88.9 Å². The van der Waals surface area contributed by atoms with E-state index in [1.165, 1.54) is 5.56 Å². The van der Waals surface area contributed by atoms with Gasteiger partial charge in [0.1, 0.15) is 11.4 Å². The zero-order valence-electron chi connectivity index (χ0n) is 16.4. The number of carbonyl (C=O) groups excluding carboxylic acids is 1. The van der Waals surface area contributed by atoms with Crippen molar-refractivity contribution in [1.82, 2.24) is 9.88 Å². The topological polar surface area (TPSA) is 43.3 Å². The molecule has 0 unspecified atom stereocenters. The van der Waals surface area contributed by atoms with Gasteiger partial charge in [-0.25, -0.2) is 0 Å². The van der Waals surface area contributed by atoms with Crippen LogP contribution in [0, 0.1) is 0 Å². The maximum atomic E-state index is 12.9. The van der Waals surface area contributed by atoms with Crippen molar-refractivity contribution in [2.24, 2.45) is 0 Å². The first-order valence-corrected chi connectivity index (χ1v) is 10.7. The Kier molecular flexibility index (Phi) is 5.96. The van der Waals surface area contributed by atoms with Gasteiger partial charge in [-0.1, -0.05) is 42.5 Å². The van der Waals surface area contributed by atoms with Crippen molar-refractivity contribution in [2.45, 2.75) is 26.4 Å². The van der Waals surface area contributed by atoms with Gasteiger partial charge in [-0.05, 0) is 54.1 Å². The van der Waals surface area contributed by atoms with Gasteiger partial charge in [-0.3, -0.25) is 4.79 Å². The summed E-state index contributed by atoms with van der Waals surface area (Å²) in [4.78, 5) is 12.9. The molecule has 0 saturated heterocycles. The zero-order valence-corrected chi connectivity index (χ0v) is 17.2. The van der Waals surface area contributed by atoms with Gasteiger partial charge in [0.15, 0.2) is 0 Å². The van der Waals surface area contributed by atoms with Crippen molar-refractivity contribution in [3.63, 3.8) is 0 Å². The first kappa shape index (κ1) is 19.3. The summed E-state index contributed by atoms with van der Waals surface area (Å²) in [5, 5.41) is 5.13. The molecule has 5 heteroatoms. The lowest BCUT2D eigenvalue weighted by molar-refractivity contribution is 0.0942. The summed E-state index contributed by atoms with van der Waals surface area (Å²) >= 11 is 1.67. The summed E-state index contributed by atoms with van der Waals surface area (Å²) < 4.78 is 8.74. The quantitative estimate of drug-likeness (QED) is 0.434. The predicted molar refractivity (Wildman–Crippen MR) is 119 cm³/mol. The van der Waals surface area contributed by atoms with Crippen LogP contribution in [0.2, 0.25) is 0 Å². The molecule has 2 heterocycles. The largest absolute Gasteiger partial charge is 0.494 e. The average molecular weight is 405 g/mol. The SMILES string of the molecule is CCOc1ccc(CNC(=O)c2cc3sccc3n2CCc2ccccc2)cc1. The highest BCUT2D eigenvalue weighted by atomic mass is 32.1. The molecule has 0 aliphatic rings. The van der Waals surface area contributed by atoms with Crippen molar-refractivity contribution in [2.75, 3.05) is 6.61 Å². The Morgan fingerprint density at radius 1 is 1.03 bits per heavy atom. The summed E-state index contributed by atoms with van der Waals surface area (Å²) in [5.41, 5.74) is 4.15. The van der Waals surface area contributed by atoms with E-state index in [2.05, 4.69) is 45.6 Å². The monoisotopic (exact) mass is 404 g/mol. The summed E-state index contributed by atoms with van der Waals surface area (Å²) in [7, 11) is 0. The molecule has 2 aromatic heterocycles. The third-order valence-corrected chi connectivity index (χ3v) is 5.76. The molecule has 0 fully saturated rings. The number of benzene rings is 2. The standard InChI is InChI=1S/C24H24N2O2S/c1-2-28-20-10-8-19(9-11-20)17-25-24(27)22-16-23-21(13-15-29-23)26(22)14-12-18-6-4-3-5-7-18/h3-11,13,15-16H,2,12,14,17H2,1H3,(H,25,27). The molecule has 0 bridgehead atoms. The van der Waals surface area contributed by atoms with E-state index in [0.29, 0.717) is 18.8 Å². The summed E-state index contributed by atoms with van der Waals surface area (Å²) in [6, 6.07) is 22.3. The van der Waals surface area contributed by atoms with Crippen LogP contribution in [0.5, 0.6) is 5.75 Å². The Labute approximate surface area is 174 Å². The number of nitrogens with zero attached hydrogens (tertiary/aromatic N) is 1.